The predicted octanol–water partition coefficient (Wildman–Crippen LogP) is 1.82. The summed E-state index contributed by atoms with van der Waals surface area (Å²) in [7, 11) is 0. The van der Waals surface area contributed by atoms with Crippen LogP contribution in [0.25, 0.3) is 0 Å². The molecule has 8 nitrogen and oxygen atoms in total. The molecule has 0 aliphatic carbocycles. The van der Waals surface area contributed by atoms with Gasteiger partial charge in [-0.3, -0.25) is 5.21 Å². The molecule has 0 aromatic heterocycles. The van der Waals surface area contributed by atoms with Crippen molar-refractivity contribution < 1.29 is 19.1 Å². The van der Waals surface area contributed by atoms with Crippen molar-refractivity contribution in [2.24, 2.45) is 16.7 Å². The Labute approximate surface area is 165 Å². The maximum atomic E-state index is 12.6. The van der Waals surface area contributed by atoms with E-state index in [2.05, 4.69) is 10.5 Å². The number of hydrazone groups is 1. The standard InChI is InChI=1S/C17H22F2N6O2S/c18-16(19)13-3-1-12(2-4-13)11-24(21)23-17(20)14-5-7-15(8-6-14)28-25(27)22-9-10-26/h1-8,16,22,26-27H,9-11,21H2,(H2,20,23). The molecule has 28 heavy (non-hydrogen) atoms. The van der Waals surface area contributed by atoms with Crippen molar-refractivity contribution in [3.63, 3.8) is 0 Å². The quantitative estimate of drug-likeness (QED) is 0.132. The molecule has 2 rings (SSSR count). The highest BCUT2D eigenvalue weighted by atomic mass is 32.2. The van der Waals surface area contributed by atoms with Gasteiger partial charge >= 0.3 is 0 Å². The second-order valence-corrected chi connectivity index (χ2v) is 6.65. The minimum atomic E-state index is -2.51. The lowest BCUT2D eigenvalue weighted by atomic mass is 10.1. The van der Waals surface area contributed by atoms with Crippen molar-refractivity contribution >= 4 is 17.8 Å². The van der Waals surface area contributed by atoms with E-state index in [1.54, 1.807) is 36.4 Å². The normalized spacial score (nSPS) is 12.0. The lowest BCUT2D eigenvalue weighted by molar-refractivity contribution is -0.0350. The Bertz CT molecular complexity index is 761. The van der Waals surface area contributed by atoms with Crippen LogP contribution in [0, 0.1) is 0 Å². The van der Waals surface area contributed by atoms with Crippen LogP contribution >= 0.6 is 11.9 Å². The third kappa shape index (κ3) is 7.03. The van der Waals surface area contributed by atoms with Crippen molar-refractivity contribution in [3.05, 3.63) is 65.2 Å². The van der Waals surface area contributed by atoms with Gasteiger partial charge in [-0.1, -0.05) is 41.0 Å². The molecule has 2 aromatic rings. The average molecular weight is 412 g/mol. The van der Waals surface area contributed by atoms with Gasteiger partial charge < -0.3 is 10.8 Å². The van der Waals surface area contributed by atoms with Crippen LogP contribution < -0.4 is 17.0 Å². The van der Waals surface area contributed by atoms with Gasteiger partial charge in [-0.15, -0.1) is 5.10 Å². The van der Waals surface area contributed by atoms with Crippen molar-refractivity contribution in [3.8, 4) is 0 Å². The fraction of sp³-hybridized carbons (Fsp3) is 0.235. The molecule has 0 aliphatic rings. The lowest BCUT2D eigenvalue weighted by Crippen LogP contribution is -2.31. The van der Waals surface area contributed by atoms with Gasteiger partial charge in [0, 0.05) is 34.5 Å². The molecule has 0 atom stereocenters. The second-order valence-electron chi connectivity index (χ2n) is 5.65. The number of nitrogens with one attached hydrogen (secondary N) is 1. The fourth-order valence-corrected chi connectivity index (χ4v) is 2.76. The molecular formula is C17H22F2N6O2S. The minimum absolute atomic E-state index is 0.0544. The average Bonchev–Trinajstić information content (AvgIpc) is 2.67. The number of hydrazine groups is 2. The van der Waals surface area contributed by atoms with E-state index in [0.29, 0.717) is 11.1 Å². The van der Waals surface area contributed by atoms with E-state index in [1.807, 2.05) is 0 Å². The summed E-state index contributed by atoms with van der Waals surface area (Å²) < 4.78 is 25.9. The summed E-state index contributed by atoms with van der Waals surface area (Å²) >= 11 is 1.02. The van der Waals surface area contributed by atoms with E-state index < -0.39 is 6.43 Å². The number of benzene rings is 2. The molecular weight excluding hydrogens is 390 g/mol. The number of rotatable bonds is 10. The van der Waals surface area contributed by atoms with Gasteiger partial charge in [0.1, 0.15) is 0 Å². The van der Waals surface area contributed by atoms with E-state index in [0.717, 1.165) is 26.5 Å². The number of aliphatic hydroxyl groups is 1. The van der Waals surface area contributed by atoms with E-state index in [1.165, 1.54) is 12.1 Å². The van der Waals surface area contributed by atoms with Crippen LogP contribution in [0.5, 0.6) is 0 Å². The smallest absolute Gasteiger partial charge is 0.263 e. The SMILES string of the molecule is N/C(=N\N(N)Cc1ccc(C(F)F)cc1)c1ccc(SN(O)NCCO)cc1. The van der Waals surface area contributed by atoms with E-state index >= 15 is 0 Å². The Morgan fingerprint density at radius 1 is 1.14 bits per heavy atom. The summed E-state index contributed by atoms with van der Waals surface area (Å²) in [4.78, 5) is 0.730. The highest BCUT2D eigenvalue weighted by Crippen LogP contribution is 2.20. The monoisotopic (exact) mass is 412 g/mol. The number of hydrogen-bond acceptors (Lipinski definition) is 8. The van der Waals surface area contributed by atoms with Crippen LogP contribution in [-0.4, -0.2) is 39.0 Å². The van der Waals surface area contributed by atoms with Gasteiger partial charge in [-0.25, -0.2) is 25.2 Å². The molecule has 0 radical (unpaired) electrons. The fourth-order valence-electron chi connectivity index (χ4n) is 2.15. The first-order valence-electron chi connectivity index (χ1n) is 8.24. The Morgan fingerprint density at radius 2 is 1.79 bits per heavy atom. The van der Waals surface area contributed by atoms with Crippen LogP contribution in [0.15, 0.2) is 58.5 Å². The van der Waals surface area contributed by atoms with Crippen LogP contribution in [0.1, 0.15) is 23.1 Å². The third-order valence-electron chi connectivity index (χ3n) is 3.51. The molecule has 0 aliphatic heterocycles. The van der Waals surface area contributed by atoms with Crippen LogP contribution in [0.2, 0.25) is 0 Å². The van der Waals surface area contributed by atoms with Gasteiger partial charge in [0.15, 0.2) is 5.84 Å². The van der Waals surface area contributed by atoms with Gasteiger partial charge in [-0.05, 0) is 17.7 Å². The first-order chi connectivity index (χ1) is 13.4. The number of aliphatic hydroxyl groups excluding tert-OH is 1. The number of halogens is 2. The van der Waals surface area contributed by atoms with Gasteiger partial charge in [0.25, 0.3) is 6.43 Å². The first-order valence-corrected chi connectivity index (χ1v) is 9.01. The zero-order chi connectivity index (χ0) is 20.5. The van der Waals surface area contributed by atoms with Crippen molar-refractivity contribution in [1.82, 2.24) is 15.1 Å². The Balaban J connectivity index is 1.94. The molecule has 0 fully saturated rings. The molecule has 0 unspecified atom stereocenters. The number of nitrogens with two attached hydrogens (primary N) is 2. The number of amidine groups is 1. The summed E-state index contributed by atoms with van der Waals surface area (Å²) in [5, 5.41) is 23.5. The van der Waals surface area contributed by atoms with Crippen LogP contribution in [-0.2, 0) is 6.54 Å². The molecule has 2 aromatic carbocycles. The third-order valence-corrected chi connectivity index (χ3v) is 4.30. The summed E-state index contributed by atoms with van der Waals surface area (Å²) in [6.45, 7) is 0.321. The zero-order valence-corrected chi connectivity index (χ0v) is 15.7. The minimum Gasteiger partial charge on any atom is -0.395 e. The van der Waals surface area contributed by atoms with Crippen molar-refractivity contribution in [2.75, 3.05) is 13.2 Å². The second kappa shape index (κ2) is 10.9. The molecule has 0 saturated carbocycles. The number of alkyl halides is 2. The Kier molecular flexibility index (Phi) is 8.57. The topological polar surface area (TPSA) is 123 Å². The molecule has 0 bridgehead atoms. The Hall–Kier alpha value is -2.28. The summed E-state index contributed by atoms with van der Waals surface area (Å²) in [5.74, 6) is 6.01. The molecule has 7 N–H and O–H groups in total. The predicted molar refractivity (Wildman–Crippen MR) is 103 cm³/mol. The van der Waals surface area contributed by atoms with E-state index in [9.17, 15) is 14.0 Å². The lowest BCUT2D eigenvalue weighted by Gasteiger charge is -2.15. The van der Waals surface area contributed by atoms with Crippen molar-refractivity contribution in [2.45, 2.75) is 17.9 Å². The summed E-state index contributed by atoms with van der Waals surface area (Å²) in [6, 6.07) is 12.7. The van der Waals surface area contributed by atoms with Crippen LogP contribution in [0.3, 0.4) is 0 Å². The van der Waals surface area contributed by atoms with E-state index in [4.69, 9.17) is 16.7 Å². The maximum absolute atomic E-state index is 12.6. The molecule has 0 amide bonds. The van der Waals surface area contributed by atoms with E-state index in [-0.39, 0.29) is 31.1 Å². The largest absolute Gasteiger partial charge is 0.395 e. The van der Waals surface area contributed by atoms with Gasteiger partial charge in [0.2, 0.25) is 0 Å². The first kappa shape index (κ1) is 22.0. The molecule has 0 spiro atoms. The van der Waals surface area contributed by atoms with Crippen LogP contribution in [0.4, 0.5) is 8.78 Å². The molecule has 0 saturated heterocycles. The molecule has 11 heteroatoms. The maximum Gasteiger partial charge on any atom is 0.263 e. The van der Waals surface area contributed by atoms with Gasteiger partial charge in [0.05, 0.1) is 13.2 Å². The summed E-state index contributed by atoms with van der Waals surface area (Å²) in [6.07, 6.45) is -2.51. The molecule has 0 heterocycles. The Morgan fingerprint density at radius 3 is 2.36 bits per heavy atom. The zero-order valence-electron chi connectivity index (χ0n) is 14.9. The van der Waals surface area contributed by atoms with Gasteiger partial charge in [-0.2, -0.15) is 0 Å². The molecule has 152 valence electrons. The number of nitrogens with zero attached hydrogens (tertiary/aromatic N) is 3. The highest BCUT2D eigenvalue weighted by molar-refractivity contribution is 7.96. The van der Waals surface area contributed by atoms with Crippen molar-refractivity contribution in [1.29, 1.82) is 0 Å². The highest BCUT2D eigenvalue weighted by Gasteiger charge is 2.08. The summed E-state index contributed by atoms with van der Waals surface area (Å²) in [5.41, 5.74) is 9.81. The number of hydrogen-bond donors (Lipinski definition) is 5.